The summed E-state index contributed by atoms with van der Waals surface area (Å²) < 4.78 is 5.26. The Hall–Kier alpha value is -1.51. The van der Waals surface area contributed by atoms with Crippen molar-refractivity contribution in [3.63, 3.8) is 0 Å². The molecule has 1 amide bonds. The standard InChI is InChI=1S/C13H15NO2/c1-16-10-5-4-9-3-2-6-13(11(9)7-10)8-12(15)14-13/h4-5,7H,2-3,6,8H2,1H3,(H,14,15). The Balaban J connectivity index is 2.06. The maximum Gasteiger partial charge on any atom is 0.223 e. The molecule has 1 heterocycles. The quantitative estimate of drug-likeness (QED) is 0.728. The number of ether oxygens (including phenoxy) is 1. The third kappa shape index (κ3) is 1.24. The van der Waals surface area contributed by atoms with Crippen LogP contribution in [-0.4, -0.2) is 13.0 Å². The Morgan fingerprint density at radius 2 is 2.25 bits per heavy atom. The van der Waals surface area contributed by atoms with Crippen LogP contribution in [0.3, 0.4) is 0 Å². The molecule has 16 heavy (non-hydrogen) atoms. The Morgan fingerprint density at radius 3 is 2.94 bits per heavy atom. The summed E-state index contributed by atoms with van der Waals surface area (Å²) in [5, 5.41) is 3.07. The third-order valence-electron chi connectivity index (χ3n) is 3.72. The highest BCUT2D eigenvalue weighted by molar-refractivity contribution is 5.85. The van der Waals surface area contributed by atoms with Crippen LogP contribution < -0.4 is 10.1 Å². The molecule has 3 rings (SSSR count). The summed E-state index contributed by atoms with van der Waals surface area (Å²) >= 11 is 0. The summed E-state index contributed by atoms with van der Waals surface area (Å²) in [6.45, 7) is 0. The highest BCUT2D eigenvalue weighted by Gasteiger charge is 2.46. The first-order valence-corrected chi connectivity index (χ1v) is 5.72. The second-order valence-electron chi connectivity index (χ2n) is 4.68. The minimum Gasteiger partial charge on any atom is -0.497 e. The van der Waals surface area contributed by atoms with E-state index in [1.807, 2.05) is 6.07 Å². The van der Waals surface area contributed by atoms with Crippen LogP contribution in [0.2, 0.25) is 0 Å². The molecule has 1 aromatic rings. The van der Waals surface area contributed by atoms with Gasteiger partial charge in [0.15, 0.2) is 0 Å². The summed E-state index contributed by atoms with van der Waals surface area (Å²) in [6, 6.07) is 6.20. The SMILES string of the molecule is COc1ccc2c(c1)C1(CCC2)CC(=O)N1. The molecule has 0 radical (unpaired) electrons. The second-order valence-corrected chi connectivity index (χ2v) is 4.68. The molecule has 1 N–H and O–H groups in total. The first-order chi connectivity index (χ1) is 7.73. The van der Waals surface area contributed by atoms with E-state index in [4.69, 9.17) is 4.74 Å². The summed E-state index contributed by atoms with van der Waals surface area (Å²) in [5.41, 5.74) is 2.53. The predicted molar refractivity (Wildman–Crippen MR) is 60.4 cm³/mol. The predicted octanol–water partition coefficient (Wildman–Crippen LogP) is 1.75. The Morgan fingerprint density at radius 1 is 1.44 bits per heavy atom. The number of hydrogen-bond acceptors (Lipinski definition) is 2. The molecule has 1 atom stereocenters. The fraction of sp³-hybridized carbons (Fsp3) is 0.462. The van der Waals surface area contributed by atoms with Crippen molar-refractivity contribution >= 4 is 5.91 Å². The molecule has 1 unspecified atom stereocenters. The van der Waals surface area contributed by atoms with Gasteiger partial charge in [-0.2, -0.15) is 0 Å². The summed E-state index contributed by atoms with van der Waals surface area (Å²) in [7, 11) is 1.68. The topological polar surface area (TPSA) is 38.3 Å². The minimum atomic E-state index is -0.0841. The molecule has 84 valence electrons. The monoisotopic (exact) mass is 217 g/mol. The van der Waals surface area contributed by atoms with Gasteiger partial charge in [-0.15, -0.1) is 0 Å². The van der Waals surface area contributed by atoms with E-state index in [1.165, 1.54) is 11.1 Å². The number of nitrogens with one attached hydrogen (secondary N) is 1. The lowest BCUT2D eigenvalue weighted by Gasteiger charge is -2.46. The van der Waals surface area contributed by atoms with Crippen molar-refractivity contribution < 1.29 is 9.53 Å². The Bertz CT molecular complexity index is 445. The van der Waals surface area contributed by atoms with E-state index in [0.29, 0.717) is 6.42 Å². The number of β-lactam (4-membered cyclic amide) rings is 1. The fourth-order valence-electron chi connectivity index (χ4n) is 2.90. The molecule has 0 saturated carbocycles. The van der Waals surface area contributed by atoms with E-state index in [9.17, 15) is 4.79 Å². The maximum absolute atomic E-state index is 11.2. The fourth-order valence-corrected chi connectivity index (χ4v) is 2.90. The van der Waals surface area contributed by atoms with Gasteiger partial charge in [-0.05, 0) is 42.5 Å². The van der Waals surface area contributed by atoms with E-state index in [1.54, 1.807) is 7.11 Å². The number of fused-ring (bicyclic) bond motifs is 2. The van der Waals surface area contributed by atoms with Gasteiger partial charge in [0.1, 0.15) is 5.75 Å². The number of methoxy groups -OCH3 is 1. The largest absolute Gasteiger partial charge is 0.497 e. The number of rotatable bonds is 1. The summed E-state index contributed by atoms with van der Waals surface area (Å²) in [5.74, 6) is 1.04. The zero-order chi connectivity index (χ0) is 11.2. The van der Waals surface area contributed by atoms with Crippen molar-refractivity contribution in [3.05, 3.63) is 29.3 Å². The van der Waals surface area contributed by atoms with Crippen LogP contribution in [0.4, 0.5) is 0 Å². The number of carbonyl (C=O) groups excluding carboxylic acids is 1. The first kappa shape index (κ1) is 9.70. The number of amides is 1. The van der Waals surface area contributed by atoms with Gasteiger partial charge in [0.2, 0.25) is 5.91 Å². The lowest BCUT2D eigenvalue weighted by molar-refractivity contribution is -0.133. The van der Waals surface area contributed by atoms with E-state index < -0.39 is 0 Å². The van der Waals surface area contributed by atoms with Crippen molar-refractivity contribution in [2.24, 2.45) is 0 Å². The van der Waals surface area contributed by atoms with Crippen molar-refractivity contribution in [2.75, 3.05) is 7.11 Å². The van der Waals surface area contributed by atoms with Crippen LogP contribution >= 0.6 is 0 Å². The number of carbonyl (C=O) groups is 1. The average Bonchev–Trinajstić information content (AvgIpc) is 2.27. The van der Waals surface area contributed by atoms with Gasteiger partial charge in [-0.3, -0.25) is 4.79 Å². The first-order valence-electron chi connectivity index (χ1n) is 5.72. The van der Waals surface area contributed by atoms with Crippen molar-refractivity contribution in [1.82, 2.24) is 5.32 Å². The van der Waals surface area contributed by atoms with Crippen molar-refractivity contribution in [1.29, 1.82) is 0 Å². The van der Waals surface area contributed by atoms with Crippen LogP contribution in [0.5, 0.6) is 5.75 Å². The Kier molecular flexibility index (Phi) is 1.96. The molecule has 1 aliphatic carbocycles. The molecule has 1 spiro atoms. The van der Waals surface area contributed by atoms with Crippen molar-refractivity contribution in [2.45, 2.75) is 31.2 Å². The number of benzene rings is 1. The third-order valence-corrected chi connectivity index (χ3v) is 3.72. The molecule has 3 heteroatoms. The molecule has 1 saturated heterocycles. The van der Waals surface area contributed by atoms with Crippen LogP contribution in [0.25, 0.3) is 0 Å². The van der Waals surface area contributed by atoms with Gasteiger partial charge >= 0.3 is 0 Å². The zero-order valence-electron chi connectivity index (χ0n) is 9.38. The van der Waals surface area contributed by atoms with E-state index in [0.717, 1.165) is 25.0 Å². The molecule has 3 nitrogen and oxygen atoms in total. The molecule has 0 aromatic heterocycles. The van der Waals surface area contributed by atoms with Crippen LogP contribution in [0, 0.1) is 0 Å². The summed E-state index contributed by atoms with van der Waals surface area (Å²) in [6.07, 6.45) is 3.95. The highest BCUT2D eigenvalue weighted by Crippen LogP contribution is 2.43. The molecule has 1 aliphatic heterocycles. The zero-order valence-corrected chi connectivity index (χ0v) is 9.38. The number of hydrogen-bond donors (Lipinski definition) is 1. The Labute approximate surface area is 94.8 Å². The molecule has 2 aliphatic rings. The van der Waals surface area contributed by atoms with Crippen LogP contribution in [-0.2, 0) is 16.8 Å². The normalized spacial score (nSPS) is 26.9. The lowest BCUT2D eigenvalue weighted by atomic mass is 9.70. The maximum atomic E-state index is 11.2. The van der Waals surface area contributed by atoms with Gasteiger partial charge in [0.05, 0.1) is 19.1 Å². The van der Waals surface area contributed by atoms with Crippen molar-refractivity contribution in [3.8, 4) is 5.75 Å². The van der Waals surface area contributed by atoms with Gasteiger partial charge in [0.25, 0.3) is 0 Å². The molecule has 1 aromatic carbocycles. The van der Waals surface area contributed by atoms with Gasteiger partial charge in [-0.1, -0.05) is 6.07 Å². The smallest absolute Gasteiger partial charge is 0.223 e. The van der Waals surface area contributed by atoms with Gasteiger partial charge in [0, 0.05) is 0 Å². The molecular formula is C13H15NO2. The van der Waals surface area contributed by atoms with E-state index >= 15 is 0 Å². The van der Waals surface area contributed by atoms with Crippen LogP contribution in [0.1, 0.15) is 30.4 Å². The summed E-state index contributed by atoms with van der Waals surface area (Å²) in [4.78, 5) is 11.2. The average molecular weight is 217 g/mol. The second kappa shape index (κ2) is 3.24. The molecule has 1 fully saturated rings. The number of aryl methyl sites for hydroxylation is 1. The molecular weight excluding hydrogens is 202 g/mol. The highest BCUT2D eigenvalue weighted by atomic mass is 16.5. The molecule has 0 bridgehead atoms. The van der Waals surface area contributed by atoms with Crippen LogP contribution in [0.15, 0.2) is 18.2 Å². The van der Waals surface area contributed by atoms with Gasteiger partial charge in [-0.25, -0.2) is 0 Å². The van der Waals surface area contributed by atoms with Gasteiger partial charge < -0.3 is 10.1 Å². The van der Waals surface area contributed by atoms with E-state index in [2.05, 4.69) is 17.4 Å². The lowest BCUT2D eigenvalue weighted by Crippen LogP contribution is -2.59. The minimum absolute atomic E-state index is 0.0841. The van der Waals surface area contributed by atoms with E-state index in [-0.39, 0.29) is 11.4 Å².